The van der Waals surface area contributed by atoms with Crippen molar-refractivity contribution < 1.29 is 34.1 Å². The van der Waals surface area contributed by atoms with Crippen LogP contribution < -0.4 is 5.32 Å². The van der Waals surface area contributed by atoms with E-state index in [-0.39, 0.29) is 6.61 Å². The van der Waals surface area contributed by atoms with Crippen molar-refractivity contribution in [1.82, 2.24) is 14.9 Å². The minimum Gasteiger partial charge on any atom is -0.480 e. The van der Waals surface area contributed by atoms with Gasteiger partial charge < -0.3 is 34.9 Å². The highest BCUT2D eigenvalue weighted by atomic mass is 16.6. The van der Waals surface area contributed by atoms with Gasteiger partial charge in [-0.05, 0) is 87.3 Å². The first kappa shape index (κ1) is 33.5. The van der Waals surface area contributed by atoms with Crippen molar-refractivity contribution in [1.29, 1.82) is 0 Å². The van der Waals surface area contributed by atoms with Gasteiger partial charge in [0, 0.05) is 32.4 Å². The second-order valence-corrected chi connectivity index (χ2v) is 10.9. The molecule has 234 valence electrons. The van der Waals surface area contributed by atoms with Gasteiger partial charge >= 0.3 is 11.9 Å². The summed E-state index contributed by atoms with van der Waals surface area (Å²) in [6, 6.07) is 12.4. The Balaban J connectivity index is 1.44. The fourth-order valence-corrected chi connectivity index (χ4v) is 4.77. The average Bonchev–Trinajstić information content (AvgIpc) is 3.44. The van der Waals surface area contributed by atoms with Crippen LogP contribution in [0.3, 0.4) is 0 Å². The molecule has 0 spiro atoms. The highest BCUT2D eigenvalue weighted by Gasteiger charge is 2.37. The number of anilines is 1. The van der Waals surface area contributed by atoms with E-state index in [2.05, 4.69) is 47.3 Å². The number of hydrogen-bond acceptors (Lipinski definition) is 7. The van der Waals surface area contributed by atoms with Crippen LogP contribution in [-0.2, 0) is 30.3 Å². The number of aromatic amines is 1. The summed E-state index contributed by atoms with van der Waals surface area (Å²) >= 11 is 0. The van der Waals surface area contributed by atoms with E-state index in [4.69, 9.17) is 14.6 Å². The maximum Gasteiger partial charge on any atom is 0.336 e. The average molecular weight is 597 g/mol. The van der Waals surface area contributed by atoms with Gasteiger partial charge in [-0.15, -0.1) is 0 Å². The van der Waals surface area contributed by atoms with Crippen LogP contribution in [0.5, 0.6) is 0 Å². The number of ether oxygens (including phenoxy) is 2. The van der Waals surface area contributed by atoms with Gasteiger partial charge in [-0.25, -0.2) is 14.6 Å². The monoisotopic (exact) mass is 596 g/mol. The lowest BCUT2D eigenvalue weighted by Gasteiger charge is -2.27. The normalized spacial score (nSPS) is 12.6. The molecule has 3 rings (SSSR count). The molecule has 11 heteroatoms. The molecule has 0 aliphatic heterocycles. The van der Waals surface area contributed by atoms with Crippen LogP contribution >= 0.6 is 0 Å². The fraction of sp³-hybridized carbons (Fsp3) is 0.500. The number of hydrogen-bond donors (Lipinski definition) is 4. The standard InChI is InChI=1S/C32H44N4O7/c1-22-11-12-24(18-23(22)2)10-6-4-9-17-42-29(30(32(40)41)43-20-28(37)38)31(39)36(3)16-8-5-7-15-33-25-13-14-26-27(19-25)35-21-34-26/h11-14,18-19,21,29-30,33H,4-10,15-17,20H2,1-3H3,(H,34,35)(H,37,38)(H,40,41). The van der Waals surface area contributed by atoms with E-state index >= 15 is 0 Å². The Kier molecular flexibility index (Phi) is 13.4. The van der Waals surface area contributed by atoms with Crippen LogP contribution in [0, 0.1) is 13.8 Å². The number of carbonyl (C=O) groups excluding carboxylic acids is 1. The summed E-state index contributed by atoms with van der Waals surface area (Å²) in [6.45, 7) is 4.65. The minimum absolute atomic E-state index is 0.160. The van der Waals surface area contributed by atoms with Crippen LogP contribution in [0.4, 0.5) is 5.69 Å². The van der Waals surface area contributed by atoms with Crippen LogP contribution in [-0.4, -0.2) is 88.5 Å². The quantitative estimate of drug-likeness (QED) is 0.137. The van der Waals surface area contributed by atoms with E-state index in [0.29, 0.717) is 19.4 Å². The van der Waals surface area contributed by atoms with Crippen LogP contribution in [0.25, 0.3) is 11.0 Å². The molecule has 0 bridgehead atoms. The topological polar surface area (TPSA) is 154 Å². The van der Waals surface area contributed by atoms with Crippen LogP contribution in [0.15, 0.2) is 42.7 Å². The molecule has 2 unspecified atom stereocenters. The number of carbonyl (C=O) groups is 3. The number of H-pyrrole nitrogens is 1. The first-order valence-corrected chi connectivity index (χ1v) is 14.8. The number of fused-ring (bicyclic) bond motifs is 1. The van der Waals surface area contributed by atoms with Crippen LogP contribution in [0.2, 0.25) is 0 Å². The van der Waals surface area contributed by atoms with Gasteiger partial charge in [0.1, 0.15) is 6.61 Å². The highest BCUT2D eigenvalue weighted by molar-refractivity contribution is 5.88. The molecule has 2 atom stereocenters. The van der Waals surface area contributed by atoms with Gasteiger partial charge in [0.25, 0.3) is 5.91 Å². The van der Waals surface area contributed by atoms with E-state index in [9.17, 15) is 19.5 Å². The summed E-state index contributed by atoms with van der Waals surface area (Å²) in [5, 5.41) is 22.1. The number of carboxylic acids is 2. The third-order valence-corrected chi connectivity index (χ3v) is 7.42. The van der Waals surface area contributed by atoms with E-state index < -0.39 is 36.7 Å². The number of nitrogens with zero attached hydrogens (tertiary/aromatic N) is 2. The number of imidazole rings is 1. The lowest BCUT2D eigenvalue weighted by molar-refractivity contribution is -0.175. The molecule has 0 radical (unpaired) electrons. The van der Waals surface area contributed by atoms with E-state index in [1.54, 1.807) is 13.4 Å². The molecule has 0 saturated carbocycles. The van der Waals surface area contributed by atoms with E-state index in [0.717, 1.165) is 55.4 Å². The third kappa shape index (κ3) is 11.0. The van der Waals surface area contributed by atoms with E-state index in [1.165, 1.54) is 21.6 Å². The predicted octanol–water partition coefficient (Wildman–Crippen LogP) is 4.57. The summed E-state index contributed by atoms with van der Waals surface area (Å²) in [5.41, 5.74) is 6.65. The molecule has 0 saturated heterocycles. The second-order valence-electron chi connectivity index (χ2n) is 10.9. The van der Waals surface area contributed by atoms with Crippen molar-refractivity contribution in [3.63, 3.8) is 0 Å². The molecular formula is C32H44N4O7. The summed E-state index contributed by atoms with van der Waals surface area (Å²) in [5.74, 6) is -3.31. The Bertz CT molecular complexity index is 1340. The fourth-order valence-electron chi connectivity index (χ4n) is 4.77. The van der Waals surface area contributed by atoms with Crippen molar-refractivity contribution in [2.75, 3.05) is 38.7 Å². The van der Waals surface area contributed by atoms with Gasteiger partial charge in [-0.3, -0.25) is 4.79 Å². The summed E-state index contributed by atoms with van der Waals surface area (Å²) in [4.78, 5) is 45.0. The zero-order chi connectivity index (χ0) is 31.2. The second kappa shape index (κ2) is 17.2. The maximum absolute atomic E-state index is 13.3. The molecule has 1 amide bonds. The Hall–Kier alpha value is -3.96. The lowest BCUT2D eigenvalue weighted by atomic mass is 10.0. The molecule has 3 aromatic rings. The Labute approximate surface area is 252 Å². The zero-order valence-corrected chi connectivity index (χ0v) is 25.3. The SMILES string of the molecule is Cc1ccc(CCCCCOC(C(=O)N(C)CCCCCNc2ccc3nc[nH]c3c2)C(OCC(=O)O)C(=O)O)cc1C. The number of amides is 1. The number of benzene rings is 2. The number of rotatable bonds is 20. The predicted molar refractivity (Wildman–Crippen MR) is 164 cm³/mol. The summed E-state index contributed by atoms with van der Waals surface area (Å²) in [6.07, 6.45) is 4.24. The molecule has 0 aliphatic carbocycles. The van der Waals surface area contributed by atoms with Crippen molar-refractivity contribution in [3.8, 4) is 0 Å². The number of nitrogens with one attached hydrogen (secondary N) is 2. The smallest absolute Gasteiger partial charge is 0.336 e. The first-order valence-electron chi connectivity index (χ1n) is 14.8. The lowest BCUT2D eigenvalue weighted by Crippen LogP contribution is -2.50. The number of aliphatic carboxylic acids is 2. The van der Waals surface area contributed by atoms with E-state index in [1.807, 2.05) is 18.2 Å². The summed E-state index contributed by atoms with van der Waals surface area (Å²) < 4.78 is 10.9. The van der Waals surface area contributed by atoms with Crippen molar-refractivity contribution >= 4 is 34.6 Å². The highest BCUT2D eigenvalue weighted by Crippen LogP contribution is 2.17. The number of aryl methyl sites for hydroxylation is 3. The number of unbranched alkanes of at least 4 members (excludes halogenated alkanes) is 4. The van der Waals surface area contributed by atoms with Gasteiger partial charge in [0.2, 0.25) is 0 Å². The molecule has 0 aliphatic rings. The van der Waals surface area contributed by atoms with Crippen LogP contribution in [0.1, 0.15) is 55.2 Å². The van der Waals surface area contributed by atoms with Gasteiger partial charge in [0.15, 0.2) is 12.2 Å². The molecule has 0 fully saturated rings. The molecule has 4 N–H and O–H groups in total. The van der Waals surface area contributed by atoms with Gasteiger partial charge in [-0.2, -0.15) is 0 Å². The molecule has 1 aromatic heterocycles. The third-order valence-electron chi connectivity index (χ3n) is 7.42. The Morgan fingerprint density at radius 3 is 2.47 bits per heavy atom. The first-order chi connectivity index (χ1) is 20.7. The van der Waals surface area contributed by atoms with Gasteiger partial charge in [0.05, 0.1) is 17.4 Å². The minimum atomic E-state index is -1.72. The molecule has 2 aromatic carbocycles. The zero-order valence-electron chi connectivity index (χ0n) is 25.3. The van der Waals surface area contributed by atoms with Crippen molar-refractivity contribution in [3.05, 3.63) is 59.4 Å². The number of aromatic nitrogens is 2. The molecule has 1 heterocycles. The largest absolute Gasteiger partial charge is 0.480 e. The Morgan fingerprint density at radius 2 is 1.72 bits per heavy atom. The van der Waals surface area contributed by atoms with Gasteiger partial charge in [-0.1, -0.05) is 24.6 Å². The molecular weight excluding hydrogens is 552 g/mol. The summed E-state index contributed by atoms with van der Waals surface area (Å²) in [7, 11) is 1.59. The van der Waals surface area contributed by atoms with Crippen molar-refractivity contribution in [2.24, 2.45) is 0 Å². The molecule has 43 heavy (non-hydrogen) atoms. The number of carboxylic acid groups (broad SMARTS) is 2. The molecule has 11 nitrogen and oxygen atoms in total. The maximum atomic E-state index is 13.3. The Morgan fingerprint density at radius 1 is 0.930 bits per heavy atom. The van der Waals surface area contributed by atoms with Crippen molar-refractivity contribution in [2.45, 2.75) is 71.0 Å². The number of likely N-dealkylation sites (N-methyl/N-ethyl adjacent to an activating group) is 1.